The highest BCUT2D eigenvalue weighted by atomic mass is 19.1. The number of hydrogen-bond acceptors (Lipinski definition) is 4. The van der Waals surface area contributed by atoms with Crippen LogP contribution in [0.15, 0.2) is 18.3 Å². The van der Waals surface area contributed by atoms with Crippen LogP contribution in [0.1, 0.15) is 5.69 Å². The lowest BCUT2D eigenvalue weighted by atomic mass is 10.3. The van der Waals surface area contributed by atoms with Crippen LogP contribution in [0.2, 0.25) is 0 Å². The lowest BCUT2D eigenvalue weighted by Crippen LogP contribution is -2.43. The Labute approximate surface area is 92.8 Å². The van der Waals surface area contributed by atoms with Crippen LogP contribution >= 0.6 is 0 Å². The fourth-order valence-corrected chi connectivity index (χ4v) is 1.08. The predicted octanol–water partition coefficient (Wildman–Crippen LogP) is -0.189. The van der Waals surface area contributed by atoms with Crippen molar-refractivity contribution in [1.29, 1.82) is 0 Å². The van der Waals surface area contributed by atoms with Gasteiger partial charge >= 0.3 is 0 Å². The molecular weight excluding hydrogens is 213 g/mol. The van der Waals surface area contributed by atoms with Gasteiger partial charge in [0.1, 0.15) is 11.9 Å². The van der Waals surface area contributed by atoms with E-state index in [9.17, 15) is 9.18 Å². The summed E-state index contributed by atoms with van der Waals surface area (Å²) in [5.41, 5.74) is 6.07. The molecule has 1 atom stereocenters. The summed E-state index contributed by atoms with van der Waals surface area (Å²) >= 11 is 0. The average molecular weight is 227 g/mol. The highest BCUT2D eigenvalue weighted by Gasteiger charge is 2.12. The summed E-state index contributed by atoms with van der Waals surface area (Å²) in [7, 11) is 1.47. The van der Waals surface area contributed by atoms with Crippen molar-refractivity contribution in [3.63, 3.8) is 0 Å². The van der Waals surface area contributed by atoms with Crippen molar-refractivity contribution in [2.24, 2.45) is 5.73 Å². The minimum Gasteiger partial charge on any atom is -0.383 e. The maximum atomic E-state index is 12.5. The largest absolute Gasteiger partial charge is 0.383 e. The molecule has 0 spiro atoms. The van der Waals surface area contributed by atoms with E-state index in [0.717, 1.165) is 6.20 Å². The standard InChI is InChI=1S/C10H14FN3O2/c1-16-6-9(12)10(15)14-5-8-3-2-7(11)4-13-8/h2-4,9H,5-6,12H2,1H3,(H,14,15). The first kappa shape index (κ1) is 12.5. The van der Waals surface area contributed by atoms with Gasteiger partial charge in [-0.2, -0.15) is 0 Å². The Balaban J connectivity index is 2.39. The zero-order chi connectivity index (χ0) is 12.0. The number of hydrogen-bond donors (Lipinski definition) is 2. The van der Waals surface area contributed by atoms with Gasteiger partial charge in [-0.3, -0.25) is 9.78 Å². The van der Waals surface area contributed by atoms with Crippen LogP contribution in [0.4, 0.5) is 4.39 Å². The first-order chi connectivity index (χ1) is 7.63. The highest BCUT2D eigenvalue weighted by Crippen LogP contribution is 1.97. The Morgan fingerprint density at radius 1 is 1.69 bits per heavy atom. The first-order valence-electron chi connectivity index (χ1n) is 4.76. The molecule has 16 heavy (non-hydrogen) atoms. The number of nitrogens with zero attached hydrogens (tertiary/aromatic N) is 1. The Hall–Kier alpha value is -1.53. The summed E-state index contributed by atoms with van der Waals surface area (Å²) in [5, 5.41) is 2.57. The topological polar surface area (TPSA) is 77.2 Å². The third-order valence-electron chi connectivity index (χ3n) is 1.92. The molecule has 0 radical (unpaired) electrons. The number of carbonyl (C=O) groups excluding carboxylic acids is 1. The van der Waals surface area contributed by atoms with Crippen LogP contribution in [0.25, 0.3) is 0 Å². The highest BCUT2D eigenvalue weighted by molar-refractivity contribution is 5.81. The van der Waals surface area contributed by atoms with Gasteiger partial charge < -0.3 is 15.8 Å². The van der Waals surface area contributed by atoms with Gasteiger partial charge in [0.05, 0.1) is 25.0 Å². The van der Waals surface area contributed by atoms with Crippen molar-refractivity contribution >= 4 is 5.91 Å². The minimum absolute atomic E-state index is 0.155. The number of pyridine rings is 1. The van der Waals surface area contributed by atoms with Crippen LogP contribution in [0, 0.1) is 5.82 Å². The molecular formula is C10H14FN3O2. The third kappa shape index (κ3) is 3.92. The zero-order valence-electron chi connectivity index (χ0n) is 8.94. The number of methoxy groups -OCH3 is 1. The Morgan fingerprint density at radius 2 is 2.44 bits per heavy atom. The minimum atomic E-state index is -0.703. The van der Waals surface area contributed by atoms with E-state index in [1.165, 1.54) is 19.2 Å². The first-order valence-corrected chi connectivity index (χ1v) is 4.76. The van der Waals surface area contributed by atoms with Crippen molar-refractivity contribution in [1.82, 2.24) is 10.3 Å². The Kier molecular flexibility index (Phi) is 4.81. The number of nitrogens with one attached hydrogen (secondary N) is 1. The average Bonchev–Trinajstić information content (AvgIpc) is 2.28. The zero-order valence-corrected chi connectivity index (χ0v) is 8.94. The molecule has 0 aliphatic rings. The van der Waals surface area contributed by atoms with Crippen LogP contribution in [-0.4, -0.2) is 30.6 Å². The molecule has 5 nitrogen and oxygen atoms in total. The van der Waals surface area contributed by atoms with E-state index in [1.54, 1.807) is 0 Å². The number of ether oxygens (including phenoxy) is 1. The predicted molar refractivity (Wildman–Crippen MR) is 55.9 cm³/mol. The van der Waals surface area contributed by atoms with Gasteiger partial charge in [0.25, 0.3) is 0 Å². The lowest BCUT2D eigenvalue weighted by Gasteiger charge is -2.10. The van der Waals surface area contributed by atoms with Crippen LogP contribution in [0.5, 0.6) is 0 Å². The molecule has 0 saturated carbocycles. The molecule has 1 aromatic heterocycles. The van der Waals surface area contributed by atoms with Gasteiger partial charge in [-0.1, -0.05) is 0 Å². The van der Waals surface area contributed by atoms with Crippen LogP contribution in [0.3, 0.4) is 0 Å². The number of halogens is 1. The van der Waals surface area contributed by atoms with Crippen molar-refractivity contribution in [3.8, 4) is 0 Å². The second-order valence-corrected chi connectivity index (χ2v) is 3.25. The SMILES string of the molecule is COCC(N)C(=O)NCc1ccc(F)cn1. The molecule has 0 aliphatic heterocycles. The molecule has 1 aromatic rings. The number of rotatable bonds is 5. The molecule has 0 aliphatic carbocycles. The Bertz CT molecular complexity index is 342. The summed E-state index contributed by atoms with van der Waals surface area (Å²) in [6.45, 7) is 0.374. The molecule has 1 unspecified atom stereocenters. The van der Waals surface area contributed by atoms with Gasteiger partial charge in [0, 0.05) is 7.11 Å². The molecule has 0 saturated heterocycles. The Morgan fingerprint density at radius 3 is 3.00 bits per heavy atom. The molecule has 6 heteroatoms. The molecule has 1 heterocycles. The van der Waals surface area contributed by atoms with E-state index in [0.29, 0.717) is 5.69 Å². The van der Waals surface area contributed by atoms with Gasteiger partial charge in [-0.25, -0.2) is 4.39 Å². The summed E-state index contributed by atoms with van der Waals surface area (Å²) < 4.78 is 17.3. The third-order valence-corrected chi connectivity index (χ3v) is 1.92. The molecule has 1 rings (SSSR count). The summed E-state index contributed by atoms with van der Waals surface area (Å²) in [6.07, 6.45) is 1.09. The van der Waals surface area contributed by atoms with Gasteiger partial charge in [-0.05, 0) is 12.1 Å². The lowest BCUT2D eigenvalue weighted by molar-refractivity contribution is -0.123. The van der Waals surface area contributed by atoms with E-state index < -0.39 is 11.9 Å². The van der Waals surface area contributed by atoms with Gasteiger partial charge in [-0.15, -0.1) is 0 Å². The van der Waals surface area contributed by atoms with E-state index in [-0.39, 0.29) is 19.1 Å². The second-order valence-electron chi connectivity index (χ2n) is 3.25. The number of nitrogens with two attached hydrogens (primary N) is 1. The smallest absolute Gasteiger partial charge is 0.239 e. The summed E-state index contributed by atoms with van der Waals surface area (Å²) in [6, 6.07) is 2.08. The van der Waals surface area contributed by atoms with Crippen molar-refractivity contribution in [2.75, 3.05) is 13.7 Å². The number of amides is 1. The van der Waals surface area contributed by atoms with E-state index in [2.05, 4.69) is 10.3 Å². The summed E-state index contributed by atoms with van der Waals surface area (Å²) in [5.74, 6) is -0.737. The monoisotopic (exact) mass is 227 g/mol. The van der Waals surface area contributed by atoms with E-state index in [4.69, 9.17) is 10.5 Å². The van der Waals surface area contributed by atoms with Crippen LogP contribution < -0.4 is 11.1 Å². The maximum absolute atomic E-state index is 12.5. The fraction of sp³-hybridized carbons (Fsp3) is 0.400. The molecule has 3 N–H and O–H groups in total. The summed E-state index contributed by atoms with van der Waals surface area (Å²) in [4.78, 5) is 15.1. The molecule has 1 amide bonds. The van der Waals surface area contributed by atoms with E-state index >= 15 is 0 Å². The molecule has 0 bridgehead atoms. The quantitative estimate of drug-likeness (QED) is 0.731. The van der Waals surface area contributed by atoms with Gasteiger partial charge in [0.2, 0.25) is 5.91 Å². The van der Waals surface area contributed by atoms with Gasteiger partial charge in [0.15, 0.2) is 0 Å². The molecule has 0 aromatic carbocycles. The fourth-order valence-electron chi connectivity index (χ4n) is 1.08. The van der Waals surface area contributed by atoms with Crippen LogP contribution in [-0.2, 0) is 16.1 Å². The number of carbonyl (C=O) groups is 1. The molecule has 0 fully saturated rings. The van der Waals surface area contributed by atoms with E-state index in [1.807, 2.05) is 0 Å². The normalized spacial score (nSPS) is 12.2. The second kappa shape index (κ2) is 6.14. The van der Waals surface area contributed by atoms with Crippen molar-refractivity contribution < 1.29 is 13.9 Å². The van der Waals surface area contributed by atoms with Crippen molar-refractivity contribution in [3.05, 3.63) is 29.8 Å². The van der Waals surface area contributed by atoms with Crippen molar-refractivity contribution in [2.45, 2.75) is 12.6 Å². The number of aromatic nitrogens is 1. The maximum Gasteiger partial charge on any atom is 0.239 e. The molecule has 88 valence electrons.